The molecule has 1 amide bonds. The lowest BCUT2D eigenvalue weighted by Crippen LogP contribution is -2.36. The Bertz CT molecular complexity index is 395. The summed E-state index contributed by atoms with van der Waals surface area (Å²) in [7, 11) is 1.60. The van der Waals surface area contributed by atoms with Crippen molar-refractivity contribution >= 4 is 40.9 Å². The zero-order chi connectivity index (χ0) is 13.5. The van der Waals surface area contributed by atoms with Crippen molar-refractivity contribution in [2.45, 2.75) is 17.9 Å². The number of hydrogen-bond acceptors (Lipinski definition) is 3. The van der Waals surface area contributed by atoms with E-state index in [1.54, 1.807) is 25.3 Å². The van der Waals surface area contributed by atoms with E-state index in [1.165, 1.54) is 11.8 Å². The van der Waals surface area contributed by atoms with Crippen molar-refractivity contribution < 1.29 is 9.53 Å². The van der Waals surface area contributed by atoms with Crippen LogP contribution in [0.4, 0.5) is 0 Å². The molecule has 6 heteroatoms. The van der Waals surface area contributed by atoms with Crippen LogP contribution in [0.3, 0.4) is 0 Å². The van der Waals surface area contributed by atoms with Crippen LogP contribution < -0.4 is 5.32 Å². The van der Waals surface area contributed by atoms with Crippen molar-refractivity contribution in [1.82, 2.24) is 5.32 Å². The molecule has 0 aliphatic carbocycles. The second-order valence-corrected chi connectivity index (χ2v) is 5.56. The SMILES string of the molecule is COCC(C)NC(=O)CSc1c(Cl)cccc1Cl. The van der Waals surface area contributed by atoms with Gasteiger partial charge in [-0.05, 0) is 19.1 Å². The number of hydrogen-bond donors (Lipinski definition) is 1. The molecule has 0 aliphatic heterocycles. The molecule has 0 radical (unpaired) electrons. The molecule has 3 nitrogen and oxygen atoms in total. The molecule has 18 heavy (non-hydrogen) atoms. The summed E-state index contributed by atoms with van der Waals surface area (Å²) in [6.07, 6.45) is 0. The highest BCUT2D eigenvalue weighted by Crippen LogP contribution is 2.33. The molecule has 0 bridgehead atoms. The third-order valence-corrected chi connectivity index (χ3v) is 4.08. The molecule has 0 saturated carbocycles. The lowest BCUT2D eigenvalue weighted by Gasteiger charge is -2.13. The van der Waals surface area contributed by atoms with Crippen LogP contribution in [0.1, 0.15) is 6.92 Å². The monoisotopic (exact) mass is 307 g/mol. The summed E-state index contributed by atoms with van der Waals surface area (Å²) in [5, 5.41) is 3.94. The predicted molar refractivity (Wildman–Crippen MR) is 76.7 cm³/mol. The molecule has 1 atom stereocenters. The highest BCUT2D eigenvalue weighted by atomic mass is 35.5. The fraction of sp³-hybridized carbons (Fsp3) is 0.417. The number of carbonyl (C=O) groups excluding carboxylic acids is 1. The van der Waals surface area contributed by atoms with E-state index < -0.39 is 0 Å². The Labute approximate surface area is 121 Å². The minimum Gasteiger partial charge on any atom is -0.383 e. The maximum absolute atomic E-state index is 11.7. The van der Waals surface area contributed by atoms with Crippen LogP contribution in [0.2, 0.25) is 10.0 Å². The molecular formula is C12H15Cl2NO2S. The average Bonchev–Trinajstić information content (AvgIpc) is 2.28. The van der Waals surface area contributed by atoms with Gasteiger partial charge in [0.05, 0.1) is 22.4 Å². The molecule has 1 unspecified atom stereocenters. The number of benzene rings is 1. The maximum Gasteiger partial charge on any atom is 0.230 e. The molecule has 1 rings (SSSR count). The van der Waals surface area contributed by atoms with Gasteiger partial charge in [-0.15, -0.1) is 11.8 Å². The fourth-order valence-electron chi connectivity index (χ4n) is 1.37. The molecular weight excluding hydrogens is 293 g/mol. The molecule has 100 valence electrons. The van der Waals surface area contributed by atoms with E-state index in [0.717, 1.165) is 4.90 Å². The van der Waals surface area contributed by atoms with Crippen LogP contribution >= 0.6 is 35.0 Å². The van der Waals surface area contributed by atoms with Crippen LogP contribution in [0.15, 0.2) is 23.1 Å². The van der Waals surface area contributed by atoms with Gasteiger partial charge in [0.15, 0.2) is 0 Å². The summed E-state index contributed by atoms with van der Waals surface area (Å²) in [5.41, 5.74) is 0. The molecule has 0 spiro atoms. The van der Waals surface area contributed by atoms with Crippen LogP contribution in [0.5, 0.6) is 0 Å². The van der Waals surface area contributed by atoms with Crippen LogP contribution in [-0.2, 0) is 9.53 Å². The Morgan fingerprint density at radius 1 is 1.44 bits per heavy atom. The zero-order valence-electron chi connectivity index (χ0n) is 10.2. The third-order valence-electron chi connectivity index (χ3n) is 2.09. The highest BCUT2D eigenvalue weighted by molar-refractivity contribution is 8.00. The van der Waals surface area contributed by atoms with Crippen LogP contribution in [0, 0.1) is 0 Å². The first-order chi connectivity index (χ1) is 8.54. The summed E-state index contributed by atoms with van der Waals surface area (Å²) >= 11 is 13.3. The zero-order valence-corrected chi connectivity index (χ0v) is 12.5. The molecule has 0 aromatic heterocycles. The Kier molecular flexibility index (Phi) is 6.86. The smallest absolute Gasteiger partial charge is 0.230 e. The topological polar surface area (TPSA) is 38.3 Å². The van der Waals surface area contributed by atoms with Crippen molar-refractivity contribution in [3.05, 3.63) is 28.2 Å². The number of amides is 1. The Balaban J connectivity index is 2.48. The van der Waals surface area contributed by atoms with E-state index >= 15 is 0 Å². The first-order valence-electron chi connectivity index (χ1n) is 5.39. The second-order valence-electron chi connectivity index (χ2n) is 3.76. The van der Waals surface area contributed by atoms with Crippen molar-refractivity contribution in [1.29, 1.82) is 0 Å². The van der Waals surface area contributed by atoms with Gasteiger partial charge >= 0.3 is 0 Å². The molecule has 0 saturated heterocycles. The summed E-state index contributed by atoms with van der Waals surface area (Å²) in [5.74, 6) is 0.206. The Hall–Kier alpha value is -0.420. The van der Waals surface area contributed by atoms with Crippen molar-refractivity contribution in [2.24, 2.45) is 0 Å². The van der Waals surface area contributed by atoms with Crippen molar-refractivity contribution in [3.8, 4) is 0 Å². The highest BCUT2D eigenvalue weighted by Gasteiger charge is 2.11. The first kappa shape index (κ1) is 15.6. The van der Waals surface area contributed by atoms with Gasteiger partial charge in [0, 0.05) is 18.0 Å². The van der Waals surface area contributed by atoms with E-state index in [4.69, 9.17) is 27.9 Å². The van der Waals surface area contributed by atoms with Crippen molar-refractivity contribution in [3.63, 3.8) is 0 Å². The number of carbonyl (C=O) groups is 1. The molecule has 0 aliphatic rings. The summed E-state index contributed by atoms with van der Waals surface area (Å²) in [6.45, 7) is 2.37. The predicted octanol–water partition coefficient (Wildman–Crippen LogP) is 3.24. The van der Waals surface area contributed by atoms with Gasteiger partial charge in [0.25, 0.3) is 0 Å². The van der Waals surface area contributed by atoms with Crippen molar-refractivity contribution in [2.75, 3.05) is 19.5 Å². The normalized spacial score (nSPS) is 12.2. The van der Waals surface area contributed by atoms with E-state index in [2.05, 4.69) is 5.32 Å². The van der Waals surface area contributed by atoms with E-state index in [0.29, 0.717) is 16.7 Å². The van der Waals surface area contributed by atoms with E-state index in [-0.39, 0.29) is 17.7 Å². The van der Waals surface area contributed by atoms with E-state index in [1.807, 2.05) is 6.92 Å². The Morgan fingerprint density at radius 3 is 2.61 bits per heavy atom. The number of halogens is 2. The summed E-state index contributed by atoms with van der Waals surface area (Å²) < 4.78 is 4.94. The number of methoxy groups -OCH3 is 1. The minimum absolute atomic E-state index is 0.00943. The minimum atomic E-state index is -0.0689. The average molecular weight is 308 g/mol. The third kappa shape index (κ3) is 5.06. The van der Waals surface area contributed by atoms with Crippen LogP contribution in [-0.4, -0.2) is 31.4 Å². The lowest BCUT2D eigenvalue weighted by molar-refractivity contribution is -0.119. The maximum atomic E-state index is 11.7. The quantitative estimate of drug-likeness (QED) is 0.820. The molecule has 1 aromatic rings. The number of nitrogens with one attached hydrogen (secondary N) is 1. The van der Waals surface area contributed by atoms with Gasteiger partial charge in [0.1, 0.15) is 0 Å². The van der Waals surface area contributed by atoms with Gasteiger partial charge in [-0.2, -0.15) is 0 Å². The molecule has 1 N–H and O–H groups in total. The summed E-state index contributed by atoms with van der Waals surface area (Å²) in [4.78, 5) is 12.4. The Morgan fingerprint density at radius 2 is 2.06 bits per heavy atom. The molecule has 0 fully saturated rings. The van der Waals surface area contributed by atoms with Gasteiger partial charge in [0.2, 0.25) is 5.91 Å². The van der Waals surface area contributed by atoms with Gasteiger partial charge < -0.3 is 10.1 Å². The van der Waals surface area contributed by atoms with Gasteiger partial charge in [-0.3, -0.25) is 4.79 Å². The van der Waals surface area contributed by atoms with Crippen LogP contribution in [0.25, 0.3) is 0 Å². The first-order valence-corrected chi connectivity index (χ1v) is 7.14. The molecule has 1 aromatic carbocycles. The standard InChI is InChI=1S/C12H15Cl2NO2S/c1-8(6-17-2)15-11(16)7-18-12-9(13)4-3-5-10(12)14/h3-5,8H,6-7H2,1-2H3,(H,15,16). The number of ether oxygens (including phenoxy) is 1. The van der Waals surface area contributed by atoms with Gasteiger partial charge in [-0.25, -0.2) is 0 Å². The van der Waals surface area contributed by atoms with E-state index in [9.17, 15) is 4.79 Å². The summed E-state index contributed by atoms with van der Waals surface area (Å²) in [6, 6.07) is 5.27. The molecule has 0 heterocycles. The largest absolute Gasteiger partial charge is 0.383 e. The lowest BCUT2D eigenvalue weighted by atomic mass is 10.3. The number of thioether (sulfide) groups is 1. The fourth-order valence-corrected chi connectivity index (χ4v) is 2.86. The number of rotatable bonds is 6. The second kappa shape index (κ2) is 7.89. The van der Waals surface area contributed by atoms with Gasteiger partial charge in [-0.1, -0.05) is 29.3 Å².